The highest BCUT2D eigenvalue weighted by molar-refractivity contribution is 6.32. The highest BCUT2D eigenvalue weighted by Crippen LogP contribution is 2.33. The Morgan fingerprint density at radius 2 is 1.93 bits per heavy atom. The van der Waals surface area contributed by atoms with Crippen LogP contribution >= 0.6 is 11.6 Å². The Labute approximate surface area is 167 Å². The third-order valence-corrected chi connectivity index (χ3v) is 5.25. The van der Waals surface area contributed by atoms with E-state index in [1.807, 2.05) is 48.5 Å². The number of nitrogens with one attached hydrogen (secondary N) is 1. The first-order valence-electron chi connectivity index (χ1n) is 9.17. The summed E-state index contributed by atoms with van der Waals surface area (Å²) in [6.07, 6.45) is 3.00. The number of ether oxygens (including phenoxy) is 1. The van der Waals surface area contributed by atoms with Crippen molar-refractivity contribution in [3.05, 3.63) is 64.8 Å². The van der Waals surface area contributed by atoms with Gasteiger partial charge in [0.15, 0.2) is 5.82 Å². The van der Waals surface area contributed by atoms with Crippen LogP contribution in [0.25, 0.3) is 17.2 Å². The maximum absolute atomic E-state index is 6.30. The van der Waals surface area contributed by atoms with E-state index in [0.717, 1.165) is 42.0 Å². The molecule has 0 aliphatic heterocycles. The van der Waals surface area contributed by atoms with Gasteiger partial charge in [-0.2, -0.15) is 9.50 Å². The third kappa shape index (κ3) is 2.86. The van der Waals surface area contributed by atoms with Gasteiger partial charge in [-0.3, -0.25) is 0 Å². The summed E-state index contributed by atoms with van der Waals surface area (Å²) >= 11 is 6.30. The average Bonchev–Trinajstić information content (AvgIpc) is 3.35. The maximum atomic E-state index is 6.30. The molecule has 140 valence electrons. The molecule has 0 saturated carbocycles. The molecule has 5 rings (SSSR count). The lowest BCUT2D eigenvalue weighted by molar-refractivity contribution is 0.415. The van der Waals surface area contributed by atoms with Crippen LogP contribution in [-0.2, 0) is 12.8 Å². The van der Waals surface area contributed by atoms with Crippen molar-refractivity contribution >= 4 is 28.9 Å². The van der Waals surface area contributed by atoms with Crippen molar-refractivity contribution in [2.24, 2.45) is 0 Å². The summed E-state index contributed by atoms with van der Waals surface area (Å²) in [4.78, 5) is 9.41. The lowest BCUT2D eigenvalue weighted by atomic mass is 10.2. The number of nitrogens with zero attached hydrogens (tertiary/aromatic N) is 4. The van der Waals surface area contributed by atoms with Crippen LogP contribution in [0.5, 0.6) is 5.75 Å². The molecule has 2 heterocycles. The van der Waals surface area contributed by atoms with Gasteiger partial charge in [0.25, 0.3) is 5.78 Å². The van der Waals surface area contributed by atoms with Crippen molar-refractivity contribution in [2.45, 2.75) is 19.3 Å². The van der Waals surface area contributed by atoms with Crippen LogP contribution in [0.4, 0.5) is 11.5 Å². The first kappa shape index (κ1) is 17.0. The Kier molecular flexibility index (Phi) is 4.13. The second-order valence-corrected chi connectivity index (χ2v) is 7.13. The number of hydrogen-bond acceptors (Lipinski definition) is 5. The number of aryl methyl sites for hydroxylation is 1. The first-order chi connectivity index (χ1) is 13.7. The van der Waals surface area contributed by atoms with Gasteiger partial charge in [-0.1, -0.05) is 41.9 Å². The second-order valence-electron chi connectivity index (χ2n) is 6.73. The molecular weight excluding hydrogens is 374 g/mol. The van der Waals surface area contributed by atoms with Crippen molar-refractivity contribution in [1.82, 2.24) is 19.6 Å². The molecule has 1 aliphatic rings. The smallest absolute Gasteiger partial charge is 0.254 e. The van der Waals surface area contributed by atoms with E-state index in [-0.39, 0.29) is 0 Å². The van der Waals surface area contributed by atoms with Crippen LogP contribution in [-0.4, -0.2) is 26.7 Å². The number of rotatable bonds is 4. The Bertz CT molecular complexity index is 1170. The van der Waals surface area contributed by atoms with E-state index in [1.165, 1.54) is 5.56 Å². The van der Waals surface area contributed by atoms with E-state index in [2.05, 4.69) is 10.3 Å². The molecule has 6 nitrogen and oxygen atoms in total. The number of benzene rings is 2. The van der Waals surface area contributed by atoms with Crippen molar-refractivity contribution in [2.75, 3.05) is 12.4 Å². The van der Waals surface area contributed by atoms with Gasteiger partial charge in [-0.15, -0.1) is 5.10 Å². The Morgan fingerprint density at radius 1 is 1.07 bits per heavy atom. The number of hydrogen-bond donors (Lipinski definition) is 1. The van der Waals surface area contributed by atoms with Gasteiger partial charge in [-0.25, -0.2) is 4.98 Å². The topological polar surface area (TPSA) is 64.3 Å². The van der Waals surface area contributed by atoms with Crippen LogP contribution in [0.15, 0.2) is 48.5 Å². The van der Waals surface area contributed by atoms with Crippen molar-refractivity contribution in [1.29, 1.82) is 0 Å². The molecule has 0 saturated heterocycles. The monoisotopic (exact) mass is 391 g/mol. The molecule has 0 unspecified atom stereocenters. The number of halogens is 1. The molecule has 1 aliphatic carbocycles. The summed E-state index contributed by atoms with van der Waals surface area (Å²) in [5.41, 5.74) is 4.10. The van der Waals surface area contributed by atoms with E-state index < -0.39 is 0 Å². The summed E-state index contributed by atoms with van der Waals surface area (Å²) in [5, 5.41) is 8.77. The molecule has 4 aromatic rings. The lowest BCUT2D eigenvalue weighted by Gasteiger charge is -2.13. The van der Waals surface area contributed by atoms with Crippen LogP contribution in [0.1, 0.15) is 17.7 Å². The standard InChI is InChI=1S/C21H18ClN5O/c1-28-18-11-10-14(12-16(18)22)23-20-15-8-5-9-17(15)24-21-25-19(26-27(20)21)13-6-3-2-4-7-13/h2-4,6-7,10-12,23H,5,8-9H2,1H3. The molecule has 0 fully saturated rings. The molecule has 0 radical (unpaired) electrons. The molecule has 28 heavy (non-hydrogen) atoms. The highest BCUT2D eigenvalue weighted by atomic mass is 35.5. The zero-order valence-electron chi connectivity index (χ0n) is 15.3. The number of fused-ring (bicyclic) bond motifs is 2. The largest absolute Gasteiger partial charge is 0.495 e. The van der Waals surface area contributed by atoms with Crippen molar-refractivity contribution < 1.29 is 4.74 Å². The van der Waals surface area contributed by atoms with Crippen LogP contribution in [0, 0.1) is 0 Å². The van der Waals surface area contributed by atoms with E-state index in [4.69, 9.17) is 26.4 Å². The van der Waals surface area contributed by atoms with Gasteiger partial charge in [0, 0.05) is 16.8 Å². The van der Waals surface area contributed by atoms with Gasteiger partial charge in [0.2, 0.25) is 0 Å². The Balaban J connectivity index is 1.64. The van der Waals surface area contributed by atoms with Crippen LogP contribution in [0.3, 0.4) is 0 Å². The predicted molar refractivity (Wildman–Crippen MR) is 110 cm³/mol. The Morgan fingerprint density at radius 3 is 2.71 bits per heavy atom. The molecule has 1 N–H and O–H groups in total. The van der Waals surface area contributed by atoms with Gasteiger partial charge in [0.1, 0.15) is 11.6 Å². The molecule has 2 aromatic carbocycles. The van der Waals surface area contributed by atoms with E-state index >= 15 is 0 Å². The Hall–Kier alpha value is -3.12. The summed E-state index contributed by atoms with van der Waals surface area (Å²) in [6.45, 7) is 0. The molecule has 0 amide bonds. The molecule has 0 atom stereocenters. The van der Waals surface area contributed by atoms with Gasteiger partial charge in [0.05, 0.1) is 17.8 Å². The van der Waals surface area contributed by atoms with Crippen LogP contribution in [0.2, 0.25) is 5.02 Å². The third-order valence-electron chi connectivity index (χ3n) is 4.96. The fourth-order valence-electron chi connectivity index (χ4n) is 3.60. The first-order valence-corrected chi connectivity index (χ1v) is 9.55. The van der Waals surface area contributed by atoms with Crippen molar-refractivity contribution in [3.63, 3.8) is 0 Å². The SMILES string of the molecule is COc1ccc(Nc2c3c(nc4nc(-c5ccccc5)nn24)CCC3)cc1Cl. The predicted octanol–water partition coefficient (Wildman–Crippen LogP) is 4.69. The summed E-state index contributed by atoms with van der Waals surface area (Å²) in [7, 11) is 1.61. The summed E-state index contributed by atoms with van der Waals surface area (Å²) < 4.78 is 7.05. The molecule has 0 spiro atoms. The number of methoxy groups -OCH3 is 1. The minimum Gasteiger partial charge on any atom is -0.495 e. The molecule has 2 aromatic heterocycles. The van der Waals surface area contributed by atoms with Crippen molar-refractivity contribution in [3.8, 4) is 17.1 Å². The van der Waals surface area contributed by atoms with E-state index in [0.29, 0.717) is 22.4 Å². The van der Waals surface area contributed by atoms with Gasteiger partial charge in [-0.05, 0) is 37.5 Å². The molecule has 0 bridgehead atoms. The quantitative estimate of drug-likeness (QED) is 0.547. The minimum atomic E-state index is 0.554. The lowest BCUT2D eigenvalue weighted by Crippen LogP contribution is -2.07. The van der Waals surface area contributed by atoms with Gasteiger partial charge < -0.3 is 10.1 Å². The van der Waals surface area contributed by atoms with Gasteiger partial charge >= 0.3 is 0 Å². The number of aromatic nitrogens is 4. The van der Waals surface area contributed by atoms with E-state index in [1.54, 1.807) is 11.6 Å². The minimum absolute atomic E-state index is 0.554. The molecule has 7 heteroatoms. The zero-order valence-corrected chi connectivity index (χ0v) is 16.1. The summed E-state index contributed by atoms with van der Waals surface area (Å²) in [6, 6.07) is 15.6. The average molecular weight is 392 g/mol. The summed E-state index contributed by atoms with van der Waals surface area (Å²) in [5.74, 6) is 2.80. The highest BCUT2D eigenvalue weighted by Gasteiger charge is 2.22. The zero-order chi connectivity index (χ0) is 19.1. The van der Waals surface area contributed by atoms with Crippen LogP contribution < -0.4 is 10.1 Å². The second kappa shape index (κ2) is 6.80. The van der Waals surface area contributed by atoms with E-state index in [9.17, 15) is 0 Å². The molecular formula is C21H18ClN5O. The number of anilines is 2. The fourth-order valence-corrected chi connectivity index (χ4v) is 3.86. The maximum Gasteiger partial charge on any atom is 0.254 e. The normalized spacial score (nSPS) is 12.9. The fraction of sp³-hybridized carbons (Fsp3) is 0.190.